The minimum absolute atomic E-state index is 0.606. The zero-order valence-corrected chi connectivity index (χ0v) is 10.6. The van der Waals surface area contributed by atoms with Crippen molar-refractivity contribution in [3.63, 3.8) is 0 Å². The Labute approximate surface area is 99.6 Å². The minimum atomic E-state index is 0.606. The summed E-state index contributed by atoms with van der Waals surface area (Å²) in [5.74, 6) is 0. The quantitative estimate of drug-likeness (QED) is 0.910. The van der Waals surface area contributed by atoms with Crippen LogP contribution in [0.2, 0.25) is 0 Å². The number of hydrogen-bond acceptors (Lipinski definition) is 2. The number of nitrogens with zero attached hydrogens (tertiary/aromatic N) is 1. The third-order valence-electron chi connectivity index (χ3n) is 2.84. The van der Waals surface area contributed by atoms with E-state index in [9.17, 15) is 0 Å². The molecular formula is C12H17BrN2. The van der Waals surface area contributed by atoms with Crippen LogP contribution in [0, 0.1) is 0 Å². The Morgan fingerprint density at radius 2 is 2.13 bits per heavy atom. The van der Waals surface area contributed by atoms with Crippen LogP contribution in [0.1, 0.15) is 25.3 Å². The predicted molar refractivity (Wildman–Crippen MR) is 68.1 cm³/mol. The lowest BCUT2D eigenvalue weighted by Crippen LogP contribution is -2.25. The van der Waals surface area contributed by atoms with Gasteiger partial charge in [0.25, 0.3) is 0 Å². The van der Waals surface area contributed by atoms with Crippen LogP contribution < -0.4 is 10.6 Å². The van der Waals surface area contributed by atoms with E-state index in [0.717, 1.165) is 17.1 Å². The van der Waals surface area contributed by atoms with Crippen molar-refractivity contribution in [3.8, 4) is 0 Å². The van der Waals surface area contributed by atoms with E-state index in [0.29, 0.717) is 6.54 Å². The van der Waals surface area contributed by atoms with Gasteiger partial charge in [-0.15, -0.1) is 0 Å². The van der Waals surface area contributed by atoms with Crippen LogP contribution >= 0.6 is 15.9 Å². The Morgan fingerprint density at radius 1 is 1.40 bits per heavy atom. The standard InChI is InChI=1S/C12H17BrN2/c1-2-15(11-3-4-11)12-6-9(8-14)5-10(13)7-12/h5-7,11H,2-4,8,14H2,1H3. The molecule has 0 heterocycles. The predicted octanol–water partition coefficient (Wildman–Crippen LogP) is 2.90. The lowest BCUT2D eigenvalue weighted by atomic mass is 10.2. The lowest BCUT2D eigenvalue weighted by molar-refractivity contribution is 0.824. The number of hydrogen-bond donors (Lipinski definition) is 1. The molecule has 0 aromatic heterocycles. The molecule has 0 bridgehead atoms. The fraction of sp³-hybridized carbons (Fsp3) is 0.500. The number of halogens is 1. The normalized spacial score (nSPS) is 15.4. The molecule has 1 saturated carbocycles. The SMILES string of the molecule is CCN(c1cc(Br)cc(CN)c1)C1CC1. The van der Waals surface area contributed by atoms with Crippen molar-refractivity contribution in [2.75, 3.05) is 11.4 Å². The summed E-state index contributed by atoms with van der Waals surface area (Å²) in [6.07, 6.45) is 2.66. The Hall–Kier alpha value is -0.540. The summed E-state index contributed by atoms with van der Waals surface area (Å²) in [7, 11) is 0. The molecule has 2 N–H and O–H groups in total. The molecule has 1 aliphatic carbocycles. The molecule has 2 nitrogen and oxygen atoms in total. The van der Waals surface area contributed by atoms with E-state index in [1.54, 1.807) is 0 Å². The molecule has 0 spiro atoms. The molecule has 1 aromatic carbocycles. The van der Waals surface area contributed by atoms with E-state index in [1.807, 2.05) is 0 Å². The average Bonchev–Trinajstić information content (AvgIpc) is 3.02. The summed E-state index contributed by atoms with van der Waals surface area (Å²) in [5.41, 5.74) is 8.18. The third kappa shape index (κ3) is 2.52. The second kappa shape index (κ2) is 4.54. The second-order valence-corrected chi connectivity index (χ2v) is 4.95. The topological polar surface area (TPSA) is 29.3 Å². The van der Waals surface area contributed by atoms with E-state index >= 15 is 0 Å². The van der Waals surface area contributed by atoms with Crippen molar-refractivity contribution in [1.29, 1.82) is 0 Å². The summed E-state index contributed by atoms with van der Waals surface area (Å²) in [6, 6.07) is 7.23. The van der Waals surface area contributed by atoms with Crippen LogP contribution in [0.25, 0.3) is 0 Å². The highest BCUT2D eigenvalue weighted by Crippen LogP contribution is 2.33. The number of nitrogens with two attached hydrogens (primary N) is 1. The van der Waals surface area contributed by atoms with Crippen LogP contribution in [0.4, 0.5) is 5.69 Å². The van der Waals surface area contributed by atoms with Crippen LogP contribution in [-0.2, 0) is 6.54 Å². The maximum absolute atomic E-state index is 5.68. The van der Waals surface area contributed by atoms with E-state index in [2.05, 4.69) is 46.0 Å². The van der Waals surface area contributed by atoms with Gasteiger partial charge < -0.3 is 10.6 Å². The molecule has 15 heavy (non-hydrogen) atoms. The monoisotopic (exact) mass is 268 g/mol. The van der Waals surface area contributed by atoms with Crippen molar-refractivity contribution in [3.05, 3.63) is 28.2 Å². The van der Waals surface area contributed by atoms with Crippen molar-refractivity contribution in [2.24, 2.45) is 5.73 Å². The molecule has 1 fully saturated rings. The van der Waals surface area contributed by atoms with Gasteiger partial charge >= 0.3 is 0 Å². The molecule has 0 atom stereocenters. The Morgan fingerprint density at radius 3 is 2.67 bits per heavy atom. The Kier molecular flexibility index (Phi) is 3.32. The summed E-state index contributed by atoms with van der Waals surface area (Å²) in [5, 5.41) is 0. The summed E-state index contributed by atoms with van der Waals surface area (Å²) >= 11 is 3.54. The van der Waals surface area contributed by atoms with E-state index in [-0.39, 0.29) is 0 Å². The van der Waals surface area contributed by atoms with Crippen LogP contribution in [-0.4, -0.2) is 12.6 Å². The van der Waals surface area contributed by atoms with Gasteiger partial charge in [-0.1, -0.05) is 15.9 Å². The maximum Gasteiger partial charge on any atom is 0.0383 e. The van der Waals surface area contributed by atoms with Crippen LogP contribution in [0.3, 0.4) is 0 Å². The number of anilines is 1. The van der Waals surface area contributed by atoms with Gasteiger partial charge in [0.15, 0.2) is 0 Å². The van der Waals surface area contributed by atoms with Crippen LogP contribution in [0.15, 0.2) is 22.7 Å². The summed E-state index contributed by atoms with van der Waals surface area (Å²) < 4.78 is 1.12. The van der Waals surface area contributed by atoms with Gasteiger partial charge in [0.1, 0.15) is 0 Å². The molecule has 0 amide bonds. The minimum Gasteiger partial charge on any atom is -0.369 e. The number of benzene rings is 1. The molecule has 82 valence electrons. The van der Waals surface area contributed by atoms with Gasteiger partial charge in [-0.25, -0.2) is 0 Å². The largest absolute Gasteiger partial charge is 0.369 e. The van der Waals surface area contributed by atoms with Crippen molar-refractivity contribution in [1.82, 2.24) is 0 Å². The van der Waals surface area contributed by atoms with Gasteiger partial charge in [-0.3, -0.25) is 0 Å². The highest BCUT2D eigenvalue weighted by molar-refractivity contribution is 9.10. The second-order valence-electron chi connectivity index (χ2n) is 4.04. The zero-order valence-electron chi connectivity index (χ0n) is 9.04. The first-order valence-electron chi connectivity index (χ1n) is 5.50. The van der Waals surface area contributed by atoms with Crippen molar-refractivity contribution >= 4 is 21.6 Å². The maximum atomic E-state index is 5.68. The molecule has 0 aliphatic heterocycles. The Balaban J connectivity index is 2.28. The highest BCUT2D eigenvalue weighted by Gasteiger charge is 2.28. The molecule has 2 rings (SSSR count). The first-order valence-corrected chi connectivity index (χ1v) is 6.30. The average molecular weight is 269 g/mol. The molecule has 0 saturated heterocycles. The summed E-state index contributed by atoms with van der Waals surface area (Å²) in [4.78, 5) is 2.46. The van der Waals surface area contributed by atoms with Gasteiger partial charge in [0.05, 0.1) is 0 Å². The van der Waals surface area contributed by atoms with Crippen molar-refractivity contribution < 1.29 is 0 Å². The third-order valence-corrected chi connectivity index (χ3v) is 3.30. The molecular weight excluding hydrogens is 252 g/mol. The van der Waals surface area contributed by atoms with E-state index in [4.69, 9.17) is 5.73 Å². The molecule has 0 radical (unpaired) electrons. The number of rotatable bonds is 4. The zero-order chi connectivity index (χ0) is 10.8. The Bertz CT molecular complexity index is 347. The van der Waals surface area contributed by atoms with Gasteiger partial charge in [0, 0.05) is 29.3 Å². The lowest BCUT2D eigenvalue weighted by Gasteiger charge is -2.23. The first kappa shape index (κ1) is 11.0. The summed E-state index contributed by atoms with van der Waals surface area (Å²) in [6.45, 7) is 3.89. The molecule has 1 aromatic rings. The fourth-order valence-corrected chi connectivity index (χ4v) is 2.48. The van der Waals surface area contributed by atoms with Crippen LogP contribution in [0.5, 0.6) is 0 Å². The first-order chi connectivity index (χ1) is 7.24. The van der Waals surface area contributed by atoms with E-state index < -0.39 is 0 Å². The van der Waals surface area contributed by atoms with Crippen molar-refractivity contribution in [2.45, 2.75) is 32.4 Å². The van der Waals surface area contributed by atoms with E-state index in [1.165, 1.54) is 24.1 Å². The molecule has 0 unspecified atom stereocenters. The van der Waals surface area contributed by atoms with Gasteiger partial charge in [0.2, 0.25) is 0 Å². The smallest absolute Gasteiger partial charge is 0.0383 e. The molecule has 3 heteroatoms. The highest BCUT2D eigenvalue weighted by atomic mass is 79.9. The van der Waals surface area contributed by atoms with Gasteiger partial charge in [-0.2, -0.15) is 0 Å². The van der Waals surface area contributed by atoms with Gasteiger partial charge in [-0.05, 0) is 43.5 Å². The fourth-order valence-electron chi connectivity index (χ4n) is 1.95. The molecule has 1 aliphatic rings.